The van der Waals surface area contributed by atoms with E-state index in [4.69, 9.17) is 0 Å². The second-order valence-electron chi connectivity index (χ2n) is 5.76. The maximum absolute atomic E-state index is 12.7. The molecule has 120 valence electrons. The summed E-state index contributed by atoms with van der Waals surface area (Å²) in [5.41, 5.74) is 4.20. The Labute approximate surface area is 153 Å². The number of halogens is 1. The van der Waals surface area contributed by atoms with Crippen molar-refractivity contribution in [2.75, 3.05) is 11.4 Å². The summed E-state index contributed by atoms with van der Waals surface area (Å²) < 4.78 is 1.03. The molecule has 3 aromatic rings. The Morgan fingerprint density at radius 2 is 2.08 bits per heavy atom. The fourth-order valence-electron chi connectivity index (χ4n) is 2.99. The van der Waals surface area contributed by atoms with Gasteiger partial charge in [0.05, 0.1) is 12.1 Å². The first kappa shape index (κ1) is 15.5. The summed E-state index contributed by atoms with van der Waals surface area (Å²) in [6.45, 7) is 0.765. The van der Waals surface area contributed by atoms with E-state index < -0.39 is 0 Å². The van der Waals surface area contributed by atoms with Crippen molar-refractivity contribution in [1.29, 1.82) is 0 Å². The maximum atomic E-state index is 12.7. The number of rotatable bonds is 3. The van der Waals surface area contributed by atoms with Gasteiger partial charge in [-0.1, -0.05) is 46.3 Å². The topological polar surface area (TPSA) is 33.2 Å². The second-order valence-corrected chi connectivity index (χ2v) is 7.53. The second kappa shape index (κ2) is 6.49. The molecule has 1 aliphatic rings. The molecule has 4 rings (SSSR count). The van der Waals surface area contributed by atoms with Gasteiger partial charge in [-0.25, -0.2) is 4.98 Å². The Kier molecular flexibility index (Phi) is 4.21. The van der Waals surface area contributed by atoms with E-state index in [1.165, 1.54) is 5.56 Å². The Bertz CT molecular complexity index is 906. The predicted molar refractivity (Wildman–Crippen MR) is 101 cm³/mol. The molecule has 1 amide bonds. The van der Waals surface area contributed by atoms with Crippen LogP contribution in [0, 0.1) is 0 Å². The molecule has 24 heavy (non-hydrogen) atoms. The van der Waals surface area contributed by atoms with Crippen LogP contribution in [-0.4, -0.2) is 17.4 Å². The van der Waals surface area contributed by atoms with E-state index in [0.29, 0.717) is 6.42 Å². The van der Waals surface area contributed by atoms with Crippen molar-refractivity contribution in [3.05, 3.63) is 69.6 Å². The van der Waals surface area contributed by atoms with Crippen LogP contribution in [0.4, 0.5) is 5.69 Å². The third-order valence-electron chi connectivity index (χ3n) is 4.14. The number of carbonyl (C=O) groups excluding carboxylic acids is 1. The summed E-state index contributed by atoms with van der Waals surface area (Å²) in [5.74, 6) is 0.117. The first-order valence-electron chi connectivity index (χ1n) is 7.79. The van der Waals surface area contributed by atoms with Gasteiger partial charge in [0, 0.05) is 27.6 Å². The molecule has 2 heterocycles. The number of thiazole rings is 1. The van der Waals surface area contributed by atoms with E-state index in [-0.39, 0.29) is 5.91 Å². The number of hydrogen-bond donors (Lipinski definition) is 0. The molecule has 0 radical (unpaired) electrons. The van der Waals surface area contributed by atoms with Crippen LogP contribution in [-0.2, 0) is 17.6 Å². The molecule has 0 bridgehead atoms. The molecule has 1 aliphatic heterocycles. The number of aromatic nitrogens is 1. The van der Waals surface area contributed by atoms with Gasteiger partial charge in [-0.2, -0.15) is 0 Å². The van der Waals surface area contributed by atoms with E-state index >= 15 is 0 Å². The van der Waals surface area contributed by atoms with Crippen LogP contribution in [0.1, 0.15) is 11.3 Å². The van der Waals surface area contributed by atoms with Gasteiger partial charge < -0.3 is 4.90 Å². The number of amides is 1. The van der Waals surface area contributed by atoms with E-state index in [2.05, 4.69) is 27.0 Å². The minimum absolute atomic E-state index is 0.117. The number of anilines is 1. The molecular formula is C19H15BrN2OS. The van der Waals surface area contributed by atoms with Crippen molar-refractivity contribution in [3.8, 4) is 10.6 Å². The van der Waals surface area contributed by atoms with Gasteiger partial charge in [0.15, 0.2) is 0 Å². The van der Waals surface area contributed by atoms with Gasteiger partial charge in [0.25, 0.3) is 0 Å². The lowest BCUT2D eigenvalue weighted by molar-refractivity contribution is -0.117. The zero-order chi connectivity index (χ0) is 16.5. The summed E-state index contributed by atoms with van der Waals surface area (Å²) in [5, 5.41) is 2.93. The summed E-state index contributed by atoms with van der Waals surface area (Å²) in [6.07, 6.45) is 1.28. The van der Waals surface area contributed by atoms with Crippen molar-refractivity contribution in [1.82, 2.24) is 4.98 Å². The third kappa shape index (κ3) is 3.01. The smallest absolute Gasteiger partial charge is 0.233 e. The third-order valence-corrected chi connectivity index (χ3v) is 5.58. The van der Waals surface area contributed by atoms with E-state index in [1.807, 2.05) is 52.7 Å². The van der Waals surface area contributed by atoms with Crippen LogP contribution in [0.15, 0.2) is 58.4 Å². The minimum Gasteiger partial charge on any atom is -0.311 e. The van der Waals surface area contributed by atoms with Gasteiger partial charge in [-0.05, 0) is 30.2 Å². The molecular weight excluding hydrogens is 384 g/mol. The zero-order valence-electron chi connectivity index (χ0n) is 12.9. The normalized spacial score (nSPS) is 13.1. The number of para-hydroxylation sites is 1. The van der Waals surface area contributed by atoms with Crippen LogP contribution < -0.4 is 4.90 Å². The van der Waals surface area contributed by atoms with Gasteiger partial charge in [-0.3, -0.25) is 4.79 Å². The number of fused-ring (bicyclic) bond motifs is 1. The zero-order valence-corrected chi connectivity index (χ0v) is 15.3. The summed E-state index contributed by atoms with van der Waals surface area (Å²) in [7, 11) is 0. The average molecular weight is 399 g/mol. The summed E-state index contributed by atoms with van der Waals surface area (Å²) in [4.78, 5) is 19.2. The highest BCUT2D eigenvalue weighted by Gasteiger charge is 2.24. The standard InChI is InChI=1S/C19H15BrN2OS/c20-15-6-3-5-14(10-15)19-21-16(12-24-19)11-18(23)22-9-8-13-4-1-2-7-17(13)22/h1-7,10,12H,8-9,11H2. The lowest BCUT2D eigenvalue weighted by Crippen LogP contribution is -2.30. The molecule has 0 fully saturated rings. The average Bonchev–Trinajstić information content (AvgIpc) is 3.21. The minimum atomic E-state index is 0.117. The lowest BCUT2D eigenvalue weighted by atomic mass is 10.2. The number of benzene rings is 2. The van der Waals surface area contributed by atoms with Crippen molar-refractivity contribution in [3.63, 3.8) is 0 Å². The highest BCUT2D eigenvalue weighted by atomic mass is 79.9. The van der Waals surface area contributed by atoms with E-state index in [1.54, 1.807) is 11.3 Å². The first-order chi connectivity index (χ1) is 11.7. The first-order valence-corrected chi connectivity index (χ1v) is 9.46. The number of nitrogens with zero attached hydrogens (tertiary/aromatic N) is 2. The SMILES string of the molecule is O=C(Cc1csc(-c2cccc(Br)c2)n1)N1CCc2ccccc21. The highest BCUT2D eigenvalue weighted by Crippen LogP contribution is 2.29. The van der Waals surface area contributed by atoms with Crippen molar-refractivity contribution in [2.24, 2.45) is 0 Å². The highest BCUT2D eigenvalue weighted by molar-refractivity contribution is 9.10. The summed E-state index contributed by atoms with van der Waals surface area (Å²) >= 11 is 5.06. The Morgan fingerprint density at radius 3 is 2.96 bits per heavy atom. The quantitative estimate of drug-likeness (QED) is 0.640. The van der Waals surface area contributed by atoms with Gasteiger partial charge >= 0.3 is 0 Å². The maximum Gasteiger partial charge on any atom is 0.233 e. The van der Waals surface area contributed by atoms with Crippen molar-refractivity contribution >= 4 is 38.9 Å². The molecule has 0 spiro atoms. The molecule has 5 heteroatoms. The van der Waals surface area contributed by atoms with Crippen molar-refractivity contribution in [2.45, 2.75) is 12.8 Å². The van der Waals surface area contributed by atoms with Gasteiger partial charge in [0.1, 0.15) is 5.01 Å². The molecule has 0 unspecified atom stereocenters. The predicted octanol–water partition coefficient (Wildman–Crippen LogP) is 4.70. The molecule has 2 aromatic carbocycles. The number of carbonyl (C=O) groups is 1. The van der Waals surface area contributed by atoms with Crippen LogP contribution >= 0.6 is 27.3 Å². The number of hydrogen-bond acceptors (Lipinski definition) is 3. The van der Waals surface area contributed by atoms with Crippen LogP contribution in [0.2, 0.25) is 0 Å². The van der Waals surface area contributed by atoms with Crippen molar-refractivity contribution < 1.29 is 4.79 Å². The fraction of sp³-hybridized carbons (Fsp3) is 0.158. The Balaban J connectivity index is 1.52. The molecule has 1 aromatic heterocycles. The van der Waals surface area contributed by atoms with E-state index in [9.17, 15) is 4.79 Å². The van der Waals surface area contributed by atoms with Gasteiger partial charge in [0.2, 0.25) is 5.91 Å². The molecule has 0 saturated carbocycles. The molecule has 0 atom stereocenters. The lowest BCUT2D eigenvalue weighted by Gasteiger charge is -2.16. The van der Waals surface area contributed by atoms with Crippen LogP contribution in [0.3, 0.4) is 0 Å². The fourth-order valence-corrected chi connectivity index (χ4v) is 4.21. The molecule has 0 N–H and O–H groups in total. The van der Waals surface area contributed by atoms with Crippen LogP contribution in [0.5, 0.6) is 0 Å². The largest absolute Gasteiger partial charge is 0.311 e. The Hall–Kier alpha value is -1.98. The molecule has 0 saturated heterocycles. The monoisotopic (exact) mass is 398 g/mol. The van der Waals surface area contributed by atoms with E-state index in [0.717, 1.165) is 39.4 Å². The van der Waals surface area contributed by atoms with Gasteiger partial charge in [-0.15, -0.1) is 11.3 Å². The Morgan fingerprint density at radius 1 is 1.21 bits per heavy atom. The summed E-state index contributed by atoms with van der Waals surface area (Å²) in [6, 6.07) is 16.2. The molecule has 3 nitrogen and oxygen atoms in total. The van der Waals surface area contributed by atoms with Crippen LogP contribution in [0.25, 0.3) is 10.6 Å². The molecule has 0 aliphatic carbocycles.